The standard InChI is InChI=1S/C32H27N5O5/c1-20-10-6-7-13-24(20)28(38)19-36-26-15-9-8-14-25(26)29(22-11-4-3-5-12-22)34-30(31(36)39)35-32(40)33-23-17-16-21(2)27(18-23)37(41)42/h3-18,30H,19H2,1-2H3,(H2,33,35,40). The summed E-state index contributed by atoms with van der Waals surface area (Å²) in [5.74, 6) is -0.880. The molecule has 0 radical (unpaired) electrons. The van der Waals surface area contributed by atoms with Crippen molar-refractivity contribution in [3.05, 3.63) is 135 Å². The lowest BCUT2D eigenvalue weighted by atomic mass is 9.99. The van der Waals surface area contributed by atoms with Crippen LogP contribution in [0, 0.1) is 24.0 Å². The number of nitro groups is 1. The number of rotatable bonds is 7. The number of nitro benzene ring substituents is 1. The number of para-hydroxylation sites is 1. The van der Waals surface area contributed by atoms with Gasteiger partial charge in [-0.25, -0.2) is 9.79 Å². The van der Waals surface area contributed by atoms with Gasteiger partial charge >= 0.3 is 6.03 Å². The maximum Gasteiger partial charge on any atom is 0.321 e. The van der Waals surface area contributed by atoms with Crippen LogP contribution in [0.4, 0.5) is 21.9 Å². The fraction of sp³-hybridized carbons (Fsp3) is 0.125. The SMILES string of the molecule is Cc1ccccc1C(=O)CN1C(=O)C(NC(=O)Nc2ccc(C)c([N+](=O)[O-])c2)N=C(c2ccccc2)c2ccccc21. The number of amides is 3. The number of nitrogens with one attached hydrogen (secondary N) is 2. The highest BCUT2D eigenvalue weighted by Crippen LogP contribution is 2.29. The number of benzodiazepines with no additional fused rings is 1. The van der Waals surface area contributed by atoms with Gasteiger partial charge in [0.2, 0.25) is 6.17 Å². The predicted molar refractivity (Wildman–Crippen MR) is 160 cm³/mol. The zero-order valence-electron chi connectivity index (χ0n) is 22.9. The second-order valence-corrected chi connectivity index (χ2v) is 9.78. The van der Waals surface area contributed by atoms with Gasteiger partial charge in [-0.05, 0) is 31.5 Å². The first-order chi connectivity index (χ1) is 20.2. The van der Waals surface area contributed by atoms with E-state index in [4.69, 9.17) is 4.99 Å². The van der Waals surface area contributed by atoms with E-state index in [2.05, 4.69) is 10.6 Å². The van der Waals surface area contributed by atoms with E-state index in [1.807, 2.05) is 61.5 Å². The summed E-state index contributed by atoms with van der Waals surface area (Å²) in [6, 6.07) is 27.0. The number of hydrogen-bond acceptors (Lipinski definition) is 6. The monoisotopic (exact) mass is 561 g/mol. The van der Waals surface area contributed by atoms with Gasteiger partial charge in [0.15, 0.2) is 5.78 Å². The lowest BCUT2D eigenvalue weighted by Crippen LogP contribution is -2.50. The molecule has 1 aliphatic rings. The summed E-state index contributed by atoms with van der Waals surface area (Å²) >= 11 is 0. The third-order valence-electron chi connectivity index (χ3n) is 6.93. The van der Waals surface area contributed by atoms with Gasteiger partial charge in [0.1, 0.15) is 0 Å². The molecule has 0 saturated carbocycles. The molecule has 4 aromatic rings. The summed E-state index contributed by atoms with van der Waals surface area (Å²) in [5, 5.41) is 16.5. The molecule has 0 bridgehead atoms. The van der Waals surface area contributed by atoms with Gasteiger partial charge in [0.25, 0.3) is 11.6 Å². The van der Waals surface area contributed by atoms with Gasteiger partial charge in [0.05, 0.1) is 22.9 Å². The van der Waals surface area contributed by atoms with Gasteiger partial charge in [-0.2, -0.15) is 0 Å². The third kappa shape index (κ3) is 5.78. The minimum Gasteiger partial charge on any atom is -0.308 e. The van der Waals surface area contributed by atoms with Crippen LogP contribution in [0.5, 0.6) is 0 Å². The normalized spacial score (nSPS) is 14.3. The molecule has 0 spiro atoms. The minimum atomic E-state index is -1.40. The van der Waals surface area contributed by atoms with Crippen LogP contribution in [0.2, 0.25) is 0 Å². The second kappa shape index (κ2) is 11.8. The van der Waals surface area contributed by atoms with E-state index in [1.165, 1.54) is 23.1 Å². The van der Waals surface area contributed by atoms with Crippen LogP contribution in [-0.4, -0.2) is 41.1 Å². The highest BCUT2D eigenvalue weighted by atomic mass is 16.6. The molecule has 1 aliphatic heterocycles. The van der Waals surface area contributed by atoms with Crippen LogP contribution in [-0.2, 0) is 4.79 Å². The highest BCUT2D eigenvalue weighted by molar-refractivity contribution is 6.21. The predicted octanol–water partition coefficient (Wildman–Crippen LogP) is 5.43. The van der Waals surface area contributed by atoms with E-state index >= 15 is 0 Å². The van der Waals surface area contributed by atoms with Gasteiger partial charge in [-0.15, -0.1) is 0 Å². The van der Waals surface area contributed by atoms with Crippen molar-refractivity contribution in [2.75, 3.05) is 16.8 Å². The minimum absolute atomic E-state index is 0.154. The topological polar surface area (TPSA) is 134 Å². The number of carbonyl (C=O) groups is 3. The van der Waals surface area contributed by atoms with Crippen molar-refractivity contribution in [1.82, 2.24) is 5.32 Å². The molecule has 0 aromatic heterocycles. The number of nitrogens with zero attached hydrogens (tertiary/aromatic N) is 3. The smallest absolute Gasteiger partial charge is 0.308 e. The molecule has 0 fully saturated rings. The number of anilines is 2. The van der Waals surface area contributed by atoms with Gasteiger partial charge < -0.3 is 15.5 Å². The maximum atomic E-state index is 14.0. The van der Waals surface area contributed by atoms with Crippen molar-refractivity contribution in [3.8, 4) is 0 Å². The molecule has 1 unspecified atom stereocenters. The number of benzene rings is 4. The average Bonchev–Trinajstić information content (AvgIpc) is 3.09. The lowest BCUT2D eigenvalue weighted by molar-refractivity contribution is -0.385. The molecule has 1 atom stereocenters. The fourth-order valence-corrected chi connectivity index (χ4v) is 4.80. The Balaban J connectivity index is 1.53. The van der Waals surface area contributed by atoms with Crippen molar-refractivity contribution in [2.24, 2.45) is 4.99 Å². The summed E-state index contributed by atoms with van der Waals surface area (Å²) in [7, 11) is 0. The fourth-order valence-electron chi connectivity index (χ4n) is 4.80. The first-order valence-corrected chi connectivity index (χ1v) is 13.2. The zero-order chi connectivity index (χ0) is 29.8. The van der Waals surface area contributed by atoms with Gasteiger partial charge in [0, 0.05) is 34.0 Å². The van der Waals surface area contributed by atoms with Crippen LogP contribution in [0.25, 0.3) is 0 Å². The number of ketones is 1. The quantitative estimate of drug-likeness (QED) is 0.176. The van der Waals surface area contributed by atoms with Gasteiger partial charge in [-0.1, -0.05) is 78.9 Å². The van der Waals surface area contributed by atoms with Crippen molar-refractivity contribution < 1.29 is 19.3 Å². The summed E-state index contributed by atoms with van der Waals surface area (Å²) in [6.45, 7) is 3.14. The molecule has 0 saturated heterocycles. The number of carbonyl (C=O) groups excluding carboxylic acids is 3. The third-order valence-corrected chi connectivity index (χ3v) is 6.93. The Morgan fingerprint density at radius 3 is 2.33 bits per heavy atom. The maximum absolute atomic E-state index is 14.0. The molecule has 1 heterocycles. The molecule has 4 aromatic carbocycles. The number of aliphatic imine (C=N–C) groups is 1. The highest BCUT2D eigenvalue weighted by Gasteiger charge is 2.34. The number of Topliss-reactive ketones (excluding diaryl/α,β-unsaturated/α-hetero) is 1. The summed E-state index contributed by atoms with van der Waals surface area (Å²) in [5.41, 5.74) is 3.99. The Bertz CT molecular complexity index is 1730. The van der Waals surface area contributed by atoms with E-state index in [-0.39, 0.29) is 23.7 Å². The molecule has 210 valence electrons. The van der Waals surface area contributed by atoms with E-state index in [1.54, 1.807) is 31.2 Å². The Morgan fingerprint density at radius 2 is 1.60 bits per heavy atom. The summed E-state index contributed by atoms with van der Waals surface area (Å²) in [4.78, 5) is 57.5. The molecular formula is C32H27N5O5. The van der Waals surface area contributed by atoms with Gasteiger partial charge in [-0.3, -0.25) is 19.7 Å². The molecule has 2 N–H and O–H groups in total. The number of urea groups is 1. The summed E-state index contributed by atoms with van der Waals surface area (Å²) in [6.07, 6.45) is -1.40. The average molecular weight is 562 g/mol. The molecule has 5 rings (SSSR count). The van der Waals surface area contributed by atoms with E-state index in [0.29, 0.717) is 33.7 Å². The van der Waals surface area contributed by atoms with Crippen molar-refractivity contribution in [3.63, 3.8) is 0 Å². The van der Waals surface area contributed by atoms with Crippen LogP contribution < -0.4 is 15.5 Å². The van der Waals surface area contributed by atoms with E-state index < -0.39 is 23.0 Å². The molecule has 10 nitrogen and oxygen atoms in total. The first-order valence-electron chi connectivity index (χ1n) is 13.2. The van der Waals surface area contributed by atoms with Crippen LogP contribution in [0.3, 0.4) is 0 Å². The molecule has 0 aliphatic carbocycles. The van der Waals surface area contributed by atoms with Crippen LogP contribution in [0.1, 0.15) is 32.6 Å². The van der Waals surface area contributed by atoms with E-state index in [0.717, 1.165) is 5.56 Å². The molecule has 3 amide bonds. The molecular weight excluding hydrogens is 534 g/mol. The second-order valence-electron chi connectivity index (χ2n) is 9.78. The zero-order valence-corrected chi connectivity index (χ0v) is 22.9. The first kappa shape index (κ1) is 27.9. The Kier molecular flexibility index (Phi) is 7.87. The van der Waals surface area contributed by atoms with Crippen molar-refractivity contribution in [2.45, 2.75) is 20.0 Å². The van der Waals surface area contributed by atoms with E-state index in [9.17, 15) is 24.5 Å². The van der Waals surface area contributed by atoms with Crippen molar-refractivity contribution in [1.29, 1.82) is 0 Å². The Morgan fingerprint density at radius 1 is 0.905 bits per heavy atom. The summed E-state index contributed by atoms with van der Waals surface area (Å²) < 4.78 is 0. The van der Waals surface area contributed by atoms with Crippen LogP contribution in [0.15, 0.2) is 102 Å². The largest absolute Gasteiger partial charge is 0.321 e. The number of aryl methyl sites for hydroxylation is 2. The number of hydrogen-bond donors (Lipinski definition) is 2. The van der Waals surface area contributed by atoms with Crippen molar-refractivity contribution >= 4 is 40.5 Å². The Hall–Kier alpha value is -5.64. The number of fused-ring (bicyclic) bond motifs is 1. The lowest BCUT2D eigenvalue weighted by Gasteiger charge is -2.25. The Labute approximate surface area is 241 Å². The molecule has 42 heavy (non-hydrogen) atoms. The van der Waals surface area contributed by atoms with Crippen LogP contribution >= 0.6 is 0 Å². The molecule has 10 heteroatoms.